The van der Waals surface area contributed by atoms with E-state index in [4.69, 9.17) is 9.47 Å². The number of aliphatic hydroxyl groups is 2. The largest absolute Gasteiger partial charge is 0.394 e. The molecule has 166 valence electrons. The summed E-state index contributed by atoms with van der Waals surface area (Å²) in [5.74, 6) is 0. The number of unbranched alkanes of at least 4 members (excludes halogenated alkanes) is 8. The average Bonchev–Trinajstić information content (AvgIpc) is 3.08. The molecule has 8 heteroatoms. The Morgan fingerprint density at radius 2 is 1.79 bits per heavy atom. The maximum Gasteiger partial charge on any atom is 0.330 e. The summed E-state index contributed by atoms with van der Waals surface area (Å²) < 4.78 is 12.4. The first-order valence-electron chi connectivity index (χ1n) is 10.9. The second-order valence-electron chi connectivity index (χ2n) is 7.82. The Hall–Kier alpha value is -1.48. The third-order valence-corrected chi connectivity index (χ3v) is 5.39. The molecule has 0 bridgehead atoms. The molecule has 0 saturated carbocycles. The predicted octanol–water partition coefficient (Wildman–Crippen LogP) is 2.22. The molecule has 0 aromatic carbocycles. The number of H-pyrrole nitrogens is 1. The summed E-state index contributed by atoms with van der Waals surface area (Å²) in [6, 6.07) is 0. The van der Waals surface area contributed by atoms with Gasteiger partial charge in [-0.05, 0) is 6.42 Å². The van der Waals surface area contributed by atoms with Crippen molar-refractivity contribution < 1.29 is 19.7 Å². The van der Waals surface area contributed by atoms with E-state index in [1.165, 1.54) is 55.7 Å². The van der Waals surface area contributed by atoms with E-state index in [2.05, 4.69) is 11.9 Å². The van der Waals surface area contributed by atoms with E-state index < -0.39 is 29.7 Å². The maximum absolute atomic E-state index is 12.1. The molecule has 29 heavy (non-hydrogen) atoms. The van der Waals surface area contributed by atoms with E-state index in [1.54, 1.807) is 0 Å². The number of nitrogens with one attached hydrogen (secondary N) is 1. The summed E-state index contributed by atoms with van der Waals surface area (Å²) in [5.41, 5.74) is -0.741. The van der Waals surface area contributed by atoms with Crippen LogP contribution in [-0.2, 0) is 16.1 Å². The van der Waals surface area contributed by atoms with E-state index in [-0.39, 0.29) is 19.6 Å². The van der Waals surface area contributed by atoms with E-state index >= 15 is 0 Å². The predicted molar refractivity (Wildman–Crippen MR) is 110 cm³/mol. The minimum atomic E-state index is -0.852. The first-order chi connectivity index (χ1) is 14.1. The molecule has 0 unspecified atom stereocenters. The summed E-state index contributed by atoms with van der Waals surface area (Å²) in [7, 11) is 0. The molecule has 0 spiro atoms. The normalized spacial score (nSPS) is 21.7. The van der Waals surface area contributed by atoms with Gasteiger partial charge >= 0.3 is 5.69 Å². The second kappa shape index (κ2) is 13.0. The minimum Gasteiger partial charge on any atom is -0.394 e. The molecular weight excluding hydrogens is 376 g/mol. The molecule has 1 aliphatic heterocycles. The first-order valence-corrected chi connectivity index (χ1v) is 10.9. The molecule has 1 aliphatic rings. The van der Waals surface area contributed by atoms with Crippen molar-refractivity contribution in [3.05, 3.63) is 32.6 Å². The van der Waals surface area contributed by atoms with Gasteiger partial charge in [0, 0.05) is 19.2 Å². The Morgan fingerprint density at radius 1 is 1.14 bits per heavy atom. The molecule has 1 aromatic rings. The zero-order valence-electron chi connectivity index (χ0n) is 17.5. The Labute approximate surface area is 171 Å². The SMILES string of the molecule is CCCCCCCCCCCOCc1cn([C@H]2C[C@H](O)[C@@H](CO)O2)c(=O)[nH]c1=O. The minimum absolute atomic E-state index is 0.116. The number of aromatic amines is 1. The lowest BCUT2D eigenvalue weighted by Crippen LogP contribution is -2.34. The van der Waals surface area contributed by atoms with Crippen molar-refractivity contribution in [2.45, 2.75) is 96.2 Å². The monoisotopic (exact) mass is 412 g/mol. The molecule has 1 fully saturated rings. The molecule has 0 radical (unpaired) electrons. The summed E-state index contributed by atoms with van der Waals surface area (Å²) in [6.45, 7) is 2.58. The summed E-state index contributed by atoms with van der Waals surface area (Å²) in [6.07, 6.45) is 10.4. The lowest BCUT2D eigenvalue weighted by Gasteiger charge is -2.15. The molecule has 2 rings (SSSR count). The zero-order valence-corrected chi connectivity index (χ0v) is 17.5. The van der Waals surface area contributed by atoms with Crippen LogP contribution in [0.1, 0.15) is 82.9 Å². The molecule has 0 aliphatic carbocycles. The van der Waals surface area contributed by atoms with Crippen LogP contribution >= 0.6 is 0 Å². The molecule has 8 nitrogen and oxygen atoms in total. The van der Waals surface area contributed by atoms with Crippen LogP contribution in [-0.4, -0.2) is 45.2 Å². The van der Waals surface area contributed by atoms with E-state index in [9.17, 15) is 19.8 Å². The number of aliphatic hydroxyl groups excluding tert-OH is 2. The van der Waals surface area contributed by atoms with Crippen LogP contribution in [0.5, 0.6) is 0 Å². The maximum atomic E-state index is 12.1. The van der Waals surface area contributed by atoms with Gasteiger partial charge in [0.25, 0.3) is 5.56 Å². The third-order valence-electron chi connectivity index (χ3n) is 5.39. The van der Waals surface area contributed by atoms with Crippen molar-refractivity contribution in [3.8, 4) is 0 Å². The van der Waals surface area contributed by atoms with Gasteiger partial charge in [-0.2, -0.15) is 0 Å². The van der Waals surface area contributed by atoms with Gasteiger partial charge in [0.05, 0.1) is 24.9 Å². The highest BCUT2D eigenvalue weighted by molar-refractivity contribution is 5.04. The van der Waals surface area contributed by atoms with Gasteiger partial charge in [-0.15, -0.1) is 0 Å². The first kappa shape index (κ1) is 23.8. The molecule has 3 N–H and O–H groups in total. The number of hydrogen-bond acceptors (Lipinski definition) is 6. The van der Waals surface area contributed by atoms with Gasteiger partial charge in [0.2, 0.25) is 0 Å². The smallest absolute Gasteiger partial charge is 0.330 e. The van der Waals surface area contributed by atoms with Crippen LogP contribution in [0.2, 0.25) is 0 Å². The molecule has 1 aromatic heterocycles. The van der Waals surface area contributed by atoms with Crippen LogP contribution in [0.15, 0.2) is 15.8 Å². The average molecular weight is 413 g/mol. The molecule has 2 heterocycles. The lowest BCUT2D eigenvalue weighted by atomic mass is 10.1. The van der Waals surface area contributed by atoms with Gasteiger partial charge in [0.1, 0.15) is 12.3 Å². The summed E-state index contributed by atoms with van der Waals surface area (Å²) >= 11 is 0. The number of nitrogens with zero attached hydrogens (tertiary/aromatic N) is 1. The van der Waals surface area contributed by atoms with E-state index in [0.717, 1.165) is 12.8 Å². The molecular formula is C21H36N2O6. The number of aromatic nitrogens is 2. The van der Waals surface area contributed by atoms with Crippen LogP contribution < -0.4 is 11.2 Å². The highest BCUT2D eigenvalue weighted by atomic mass is 16.5. The van der Waals surface area contributed by atoms with E-state index in [1.807, 2.05) is 0 Å². The number of ether oxygens (including phenoxy) is 2. The van der Waals surface area contributed by atoms with Gasteiger partial charge in [-0.3, -0.25) is 14.3 Å². The van der Waals surface area contributed by atoms with Crippen molar-refractivity contribution in [2.24, 2.45) is 0 Å². The Bertz CT molecular complexity index is 701. The summed E-state index contributed by atoms with van der Waals surface area (Å²) in [5, 5.41) is 19.0. The van der Waals surface area contributed by atoms with Crippen molar-refractivity contribution in [2.75, 3.05) is 13.2 Å². The highest BCUT2D eigenvalue weighted by Crippen LogP contribution is 2.27. The highest BCUT2D eigenvalue weighted by Gasteiger charge is 2.35. The quantitative estimate of drug-likeness (QED) is 0.404. The Kier molecular flexibility index (Phi) is 10.6. The molecule has 0 amide bonds. The standard InChI is InChI=1S/C21H36N2O6/c1-2-3-4-5-6-7-8-9-10-11-28-15-16-13-23(21(27)22-20(16)26)19-12-17(25)18(14-24)29-19/h13,17-19,24-25H,2-12,14-15H2,1H3,(H,22,26,27)/t17-,18+,19+/m0/s1. The molecule has 1 saturated heterocycles. The topological polar surface area (TPSA) is 114 Å². The number of rotatable bonds is 14. The second-order valence-corrected chi connectivity index (χ2v) is 7.82. The van der Waals surface area contributed by atoms with E-state index in [0.29, 0.717) is 12.2 Å². The van der Waals surface area contributed by atoms with Gasteiger partial charge in [0.15, 0.2) is 0 Å². The van der Waals surface area contributed by atoms with Gasteiger partial charge < -0.3 is 19.7 Å². The van der Waals surface area contributed by atoms with Crippen molar-refractivity contribution >= 4 is 0 Å². The number of hydrogen-bond donors (Lipinski definition) is 3. The summed E-state index contributed by atoms with van der Waals surface area (Å²) in [4.78, 5) is 26.4. The van der Waals surface area contributed by atoms with Gasteiger partial charge in [-0.25, -0.2) is 4.79 Å². The van der Waals surface area contributed by atoms with Crippen LogP contribution in [0, 0.1) is 0 Å². The van der Waals surface area contributed by atoms with Crippen LogP contribution in [0.25, 0.3) is 0 Å². The van der Waals surface area contributed by atoms with Crippen LogP contribution in [0.3, 0.4) is 0 Å². The van der Waals surface area contributed by atoms with Crippen molar-refractivity contribution in [1.29, 1.82) is 0 Å². The fraction of sp³-hybridized carbons (Fsp3) is 0.810. The van der Waals surface area contributed by atoms with Crippen molar-refractivity contribution in [3.63, 3.8) is 0 Å². The fourth-order valence-corrected chi connectivity index (χ4v) is 3.59. The van der Waals surface area contributed by atoms with Crippen molar-refractivity contribution in [1.82, 2.24) is 9.55 Å². The lowest BCUT2D eigenvalue weighted by molar-refractivity contribution is -0.0461. The Morgan fingerprint density at radius 3 is 2.41 bits per heavy atom. The Balaban J connectivity index is 1.72. The molecule has 3 atom stereocenters. The van der Waals surface area contributed by atoms with Crippen LogP contribution in [0.4, 0.5) is 0 Å². The van der Waals surface area contributed by atoms with Gasteiger partial charge in [-0.1, -0.05) is 58.3 Å². The third kappa shape index (κ3) is 7.70. The fourth-order valence-electron chi connectivity index (χ4n) is 3.59. The zero-order chi connectivity index (χ0) is 21.1.